The van der Waals surface area contributed by atoms with E-state index in [4.69, 9.17) is 5.73 Å². The Morgan fingerprint density at radius 2 is 2.55 bits per heavy atom. The van der Waals surface area contributed by atoms with Crippen molar-refractivity contribution in [1.29, 1.82) is 0 Å². The normalized spacial score (nSPS) is 27.0. The Morgan fingerprint density at radius 1 is 1.82 bits per heavy atom. The number of azo groups is 1. The van der Waals surface area contributed by atoms with Gasteiger partial charge < -0.3 is 4.74 Å². The van der Waals surface area contributed by atoms with Gasteiger partial charge in [0.2, 0.25) is 0 Å². The monoisotopic (exact) mass is 154 g/mol. The molecule has 0 saturated carbocycles. The average molecular weight is 154 g/mol. The Hall–Kier alpha value is -1.56. The lowest BCUT2D eigenvalue weighted by Crippen LogP contribution is -2.38. The fourth-order valence-corrected chi connectivity index (χ4v) is 0.479. The van der Waals surface area contributed by atoms with Crippen LogP contribution in [0.1, 0.15) is 0 Å². The Kier molecular flexibility index (Phi) is 1.77. The van der Waals surface area contributed by atoms with Crippen molar-refractivity contribution in [2.45, 2.75) is 5.97 Å². The molecule has 0 aromatic rings. The van der Waals surface area contributed by atoms with Crippen LogP contribution in [0.15, 0.2) is 27.9 Å². The zero-order valence-electron chi connectivity index (χ0n) is 5.60. The van der Waals surface area contributed by atoms with Gasteiger partial charge in [0.25, 0.3) is 0 Å². The summed E-state index contributed by atoms with van der Waals surface area (Å²) < 4.78 is 4.51. The minimum Gasteiger partial charge on any atom is -0.399 e. The SMILES string of the molecule is C=CC(=O)OC1(N)N=CN=N1. The number of hydrogen-bond acceptors (Lipinski definition) is 6. The number of carbonyl (C=O) groups is 1. The summed E-state index contributed by atoms with van der Waals surface area (Å²) >= 11 is 0. The summed E-state index contributed by atoms with van der Waals surface area (Å²) in [6.07, 6.45) is 2.08. The van der Waals surface area contributed by atoms with Gasteiger partial charge in [-0.25, -0.2) is 4.79 Å². The van der Waals surface area contributed by atoms with Crippen molar-refractivity contribution in [1.82, 2.24) is 0 Å². The molecule has 58 valence electrons. The van der Waals surface area contributed by atoms with Gasteiger partial charge in [-0.15, -0.1) is 5.11 Å². The van der Waals surface area contributed by atoms with E-state index in [9.17, 15) is 4.79 Å². The van der Waals surface area contributed by atoms with Crippen LogP contribution < -0.4 is 5.73 Å². The first-order chi connectivity index (χ1) is 5.16. The summed E-state index contributed by atoms with van der Waals surface area (Å²) in [6, 6.07) is 0. The largest absolute Gasteiger partial charge is 0.399 e. The van der Waals surface area contributed by atoms with Gasteiger partial charge in [-0.2, -0.15) is 4.99 Å². The van der Waals surface area contributed by atoms with Gasteiger partial charge in [-0.3, -0.25) is 5.73 Å². The van der Waals surface area contributed by atoms with Crippen LogP contribution in [0.3, 0.4) is 0 Å². The van der Waals surface area contributed by atoms with Crippen LogP contribution in [0.25, 0.3) is 0 Å². The quantitative estimate of drug-likeness (QED) is 0.338. The third-order valence-corrected chi connectivity index (χ3v) is 0.913. The highest BCUT2D eigenvalue weighted by Crippen LogP contribution is 2.11. The Morgan fingerprint density at radius 3 is 3.00 bits per heavy atom. The first-order valence-corrected chi connectivity index (χ1v) is 2.76. The van der Waals surface area contributed by atoms with Gasteiger partial charge in [0.1, 0.15) is 6.34 Å². The van der Waals surface area contributed by atoms with Gasteiger partial charge >= 0.3 is 11.9 Å². The van der Waals surface area contributed by atoms with Gasteiger partial charge in [0, 0.05) is 6.08 Å². The average Bonchev–Trinajstić information content (AvgIpc) is 2.36. The fraction of sp³-hybridized carbons (Fsp3) is 0.200. The number of ether oxygens (including phenoxy) is 1. The van der Waals surface area contributed by atoms with Crippen LogP contribution in [0.5, 0.6) is 0 Å². The lowest BCUT2D eigenvalue weighted by Gasteiger charge is -2.13. The number of nitrogens with two attached hydrogens (primary N) is 1. The van der Waals surface area contributed by atoms with E-state index in [0.717, 1.165) is 12.4 Å². The number of carbonyl (C=O) groups excluding carboxylic acids is 1. The second-order valence-electron chi connectivity index (χ2n) is 1.74. The van der Waals surface area contributed by atoms with Crippen molar-refractivity contribution in [3.05, 3.63) is 12.7 Å². The summed E-state index contributed by atoms with van der Waals surface area (Å²) in [7, 11) is 0. The van der Waals surface area contributed by atoms with Crippen LogP contribution >= 0.6 is 0 Å². The molecule has 6 nitrogen and oxygen atoms in total. The molecule has 1 heterocycles. The molecule has 0 aromatic carbocycles. The number of hydrogen-bond donors (Lipinski definition) is 1. The zero-order chi connectivity index (χ0) is 8.32. The van der Waals surface area contributed by atoms with Crippen molar-refractivity contribution >= 4 is 12.3 Å². The Labute approximate surface area is 62.5 Å². The van der Waals surface area contributed by atoms with E-state index in [1.54, 1.807) is 0 Å². The number of rotatable bonds is 2. The molecule has 0 radical (unpaired) electrons. The second-order valence-corrected chi connectivity index (χ2v) is 1.74. The van der Waals surface area contributed by atoms with Gasteiger partial charge in [0.05, 0.1) is 0 Å². The third kappa shape index (κ3) is 1.68. The molecule has 1 aliphatic rings. The van der Waals surface area contributed by atoms with E-state index in [-0.39, 0.29) is 0 Å². The molecule has 0 fully saturated rings. The summed E-state index contributed by atoms with van der Waals surface area (Å²) in [5.41, 5.74) is 5.29. The highest BCUT2D eigenvalue weighted by Gasteiger charge is 2.29. The van der Waals surface area contributed by atoms with E-state index in [1.165, 1.54) is 0 Å². The third-order valence-electron chi connectivity index (χ3n) is 0.913. The van der Waals surface area contributed by atoms with E-state index < -0.39 is 11.9 Å². The highest BCUT2D eigenvalue weighted by atomic mass is 16.6. The minimum atomic E-state index is -1.68. The van der Waals surface area contributed by atoms with Crippen molar-refractivity contribution in [3.8, 4) is 0 Å². The molecule has 1 rings (SSSR count). The molecule has 2 N–H and O–H groups in total. The maximum atomic E-state index is 10.6. The van der Waals surface area contributed by atoms with E-state index in [2.05, 4.69) is 26.5 Å². The van der Waals surface area contributed by atoms with E-state index in [0.29, 0.717) is 0 Å². The molecule has 1 unspecified atom stereocenters. The second kappa shape index (κ2) is 2.59. The molecule has 0 saturated heterocycles. The first kappa shape index (κ1) is 7.55. The molecule has 1 aliphatic heterocycles. The maximum Gasteiger partial charge on any atom is 0.383 e. The molecule has 1 atom stereocenters. The zero-order valence-corrected chi connectivity index (χ0v) is 5.60. The Bertz CT molecular complexity index is 233. The highest BCUT2D eigenvalue weighted by molar-refractivity contribution is 5.81. The lowest BCUT2D eigenvalue weighted by molar-refractivity contribution is -0.151. The molecular formula is C5H6N4O2. The molecule has 0 aromatic heterocycles. The molecule has 0 amide bonds. The topological polar surface area (TPSA) is 89.4 Å². The molecule has 0 aliphatic carbocycles. The van der Waals surface area contributed by atoms with Gasteiger partial charge in [-0.1, -0.05) is 11.7 Å². The summed E-state index contributed by atoms with van der Waals surface area (Å²) in [6.45, 7) is 3.18. The maximum absolute atomic E-state index is 10.6. The van der Waals surface area contributed by atoms with Crippen LogP contribution in [-0.4, -0.2) is 18.3 Å². The van der Waals surface area contributed by atoms with E-state index >= 15 is 0 Å². The molecule has 0 spiro atoms. The molecule has 0 bridgehead atoms. The summed E-state index contributed by atoms with van der Waals surface area (Å²) in [4.78, 5) is 14.1. The smallest absolute Gasteiger partial charge is 0.383 e. The van der Waals surface area contributed by atoms with Crippen LogP contribution in [-0.2, 0) is 9.53 Å². The number of aliphatic imine (C=N–C) groups is 1. The van der Waals surface area contributed by atoms with Crippen molar-refractivity contribution < 1.29 is 9.53 Å². The van der Waals surface area contributed by atoms with Gasteiger partial charge in [-0.05, 0) is 0 Å². The molecular weight excluding hydrogens is 148 g/mol. The first-order valence-electron chi connectivity index (χ1n) is 2.76. The molecule has 11 heavy (non-hydrogen) atoms. The predicted octanol–water partition coefficient (Wildman–Crippen LogP) is -0.220. The summed E-state index contributed by atoms with van der Waals surface area (Å²) in [5, 5.41) is 6.67. The molecule has 6 heteroatoms. The Balaban J connectivity index is 2.61. The minimum absolute atomic E-state index is 0.689. The lowest BCUT2D eigenvalue weighted by atomic mass is 10.6. The summed E-state index contributed by atoms with van der Waals surface area (Å²) in [5.74, 6) is -2.36. The fourth-order valence-electron chi connectivity index (χ4n) is 0.479. The van der Waals surface area contributed by atoms with Crippen LogP contribution in [0.4, 0.5) is 0 Å². The van der Waals surface area contributed by atoms with Gasteiger partial charge in [0.15, 0.2) is 0 Å². The van der Waals surface area contributed by atoms with Crippen molar-refractivity contribution in [2.24, 2.45) is 21.0 Å². The van der Waals surface area contributed by atoms with Crippen LogP contribution in [0, 0.1) is 0 Å². The van der Waals surface area contributed by atoms with E-state index in [1.807, 2.05) is 0 Å². The standard InChI is InChI=1S/C5H6N4O2/c1-2-4(10)11-5(6)7-3-8-9-5/h2-3H,1,6H2. The van der Waals surface area contributed by atoms with Crippen molar-refractivity contribution in [3.63, 3.8) is 0 Å². The predicted molar refractivity (Wildman–Crippen MR) is 36.6 cm³/mol. The van der Waals surface area contributed by atoms with Crippen LogP contribution in [0.2, 0.25) is 0 Å². The van der Waals surface area contributed by atoms with Crippen molar-refractivity contribution in [2.75, 3.05) is 0 Å². The number of esters is 1. The number of nitrogens with zero attached hydrogens (tertiary/aromatic N) is 3.